The zero-order chi connectivity index (χ0) is 14.5. The minimum Gasteiger partial charge on any atom is -0.481 e. The van der Waals surface area contributed by atoms with E-state index in [1.165, 1.54) is 10.6 Å². The van der Waals surface area contributed by atoms with Crippen LogP contribution in [0.4, 0.5) is 0 Å². The molecule has 0 saturated carbocycles. The number of carbonyl (C=O) groups excluding carboxylic acids is 1. The van der Waals surface area contributed by atoms with Crippen molar-refractivity contribution in [2.75, 3.05) is 13.1 Å². The van der Waals surface area contributed by atoms with Crippen LogP contribution in [0.25, 0.3) is 0 Å². The van der Waals surface area contributed by atoms with Crippen molar-refractivity contribution < 1.29 is 14.7 Å². The molecule has 108 valence electrons. The Hall–Kier alpha value is -2.11. The van der Waals surface area contributed by atoms with Crippen LogP contribution in [0.1, 0.15) is 19.3 Å². The topological polar surface area (TPSA) is 79.6 Å². The molecule has 1 fully saturated rings. The number of hydrogen-bond acceptors (Lipinski definition) is 3. The molecule has 1 N–H and O–H groups in total. The van der Waals surface area contributed by atoms with E-state index in [1.807, 2.05) is 0 Å². The molecule has 6 nitrogen and oxygen atoms in total. The monoisotopic (exact) mass is 278 g/mol. The number of pyridine rings is 1. The summed E-state index contributed by atoms with van der Waals surface area (Å²) in [7, 11) is 0. The molecule has 1 amide bonds. The normalized spacial score (nSPS) is 16.1. The van der Waals surface area contributed by atoms with Crippen molar-refractivity contribution in [3.63, 3.8) is 0 Å². The van der Waals surface area contributed by atoms with E-state index in [0.29, 0.717) is 32.5 Å². The Balaban J connectivity index is 1.83. The third-order valence-electron chi connectivity index (χ3n) is 3.66. The van der Waals surface area contributed by atoms with Crippen molar-refractivity contribution in [3.05, 3.63) is 34.7 Å². The summed E-state index contributed by atoms with van der Waals surface area (Å²) in [5.74, 6) is -1.15. The first-order chi connectivity index (χ1) is 9.58. The lowest BCUT2D eigenvalue weighted by atomic mass is 9.97. The van der Waals surface area contributed by atoms with Crippen LogP contribution < -0.4 is 5.56 Å². The fourth-order valence-corrected chi connectivity index (χ4v) is 2.40. The molecule has 0 atom stereocenters. The molecule has 0 unspecified atom stereocenters. The summed E-state index contributed by atoms with van der Waals surface area (Å²) in [5.41, 5.74) is -0.120. The van der Waals surface area contributed by atoms with Crippen LogP contribution in [0, 0.1) is 5.92 Å². The number of piperidine rings is 1. The first-order valence-corrected chi connectivity index (χ1v) is 6.74. The lowest BCUT2D eigenvalue weighted by molar-refractivity contribution is -0.145. The SMILES string of the molecule is O=C(O)C1CCN(C(=O)CCn2ccccc2=O)CC1. The molecule has 0 bridgehead atoms. The molecule has 1 aliphatic rings. The van der Waals surface area contributed by atoms with Gasteiger partial charge in [0.25, 0.3) is 5.56 Å². The van der Waals surface area contributed by atoms with Gasteiger partial charge in [-0.05, 0) is 18.9 Å². The average Bonchev–Trinajstić information content (AvgIpc) is 2.46. The Morgan fingerprint density at radius 2 is 1.95 bits per heavy atom. The van der Waals surface area contributed by atoms with Gasteiger partial charge in [0.2, 0.25) is 5.91 Å². The first-order valence-electron chi connectivity index (χ1n) is 6.74. The number of carboxylic acids is 1. The molecule has 1 aliphatic heterocycles. The molecule has 1 aromatic heterocycles. The second-order valence-electron chi connectivity index (χ2n) is 4.98. The van der Waals surface area contributed by atoms with Gasteiger partial charge in [0.05, 0.1) is 5.92 Å². The van der Waals surface area contributed by atoms with Gasteiger partial charge in [0, 0.05) is 38.3 Å². The number of aromatic nitrogens is 1. The summed E-state index contributed by atoms with van der Waals surface area (Å²) in [4.78, 5) is 36.0. The second-order valence-corrected chi connectivity index (χ2v) is 4.98. The van der Waals surface area contributed by atoms with Crippen LogP contribution in [0.5, 0.6) is 0 Å². The van der Waals surface area contributed by atoms with E-state index >= 15 is 0 Å². The van der Waals surface area contributed by atoms with Crippen LogP contribution in [-0.4, -0.2) is 39.5 Å². The summed E-state index contributed by atoms with van der Waals surface area (Å²) < 4.78 is 1.50. The van der Waals surface area contributed by atoms with Crippen LogP contribution in [-0.2, 0) is 16.1 Å². The zero-order valence-corrected chi connectivity index (χ0v) is 11.2. The van der Waals surface area contributed by atoms with Gasteiger partial charge >= 0.3 is 5.97 Å². The molecular formula is C14H18N2O4. The predicted octanol–water partition coefficient (Wildman–Crippen LogP) is 0.562. The fourth-order valence-electron chi connectivity index (χ4n) is 2.40. The van der Waals surface area contributed by atoms with Gasteiger partial charge < -0.3 is 14.6 Å². The molecule has 0 spiro atoms. The molecule has 0 aromatic carbocycles. The highest BCUT2D eigenvalue weighted by molar-refractivity contribution is 5.77. The number of nitrogens with zero attached hydrogens (tertiary/aromatic N) is 2. The minimum atomic E-state index is -0.784. The summed E-state index contributed by atoms with van der Waals surface area (Å²) in [5, 5.41) is 8.90. The fraction of sp³-hybridized carbons (Fsp3) is 0.500. The Labute approximate surface area is 116 Å². The summed E-state index contributed by atoms with van der Waals surface area (Å²) in [6.45, 7) is 1.33. The molecular weight excluding hydrogens is 260 g/mol. The number of carboxylic acid groups (broad SMARTS) is 1. The van der Waals surface area contributed by atoms with Gasteiger partial charge in [0.15, 0.2) is 0 Å². The maximum Gasteiger partial charge on any atom is 0.306 e. The maximum atomic E-state index is 12.0. The summed E-state index contributed by atoms with van der Waals surface area (Å²) in [6.07, 6.45) is 2.94. The van der Waals surface area contributed by atoms with Crippen LogP contribution in [0.15, 0.2) is 29.2 Å². The lowest BCUT2D eigenvalue weighted by Crippen LogP contribution is -2.40. The Kier molecular flexibility index (Phi) is 4.55. The first kappa shape index (κ1) is 14.3. The van der Waals surface area contributed by atoms with E-state index in [4.69, 9.17) is 5.11 Å². The lowest BCUT2D eigenvalue weighted by Gasteiger charge is -2.30. The van der Waals surface area contributed by atoms with Crippen molar-refractivity contribution in [3.8, 4) is 0 Å². The zero-order valence-electron chi connectivity index (χ0n) is 11.2. The van der Waals surface area contributed by atoms with Crippen LogP contribution >= 0.6 is 0 Å². The quantitative estimate of drug-likeness (QED) is 0.873. The highest BCUT2D eigenvalue weighted by Crippen LogP contribution is 2.17. The van der Waals surface area contributed by atoms with Gasteiger partial charge in [-0.1, -0.05) is 6.07 Å². The van der Waals surface area contributed by atoms with E-state index in [9.17, 15) is 14.4 Å². The Bertz CT molecular complexity index is 544. The van der Waals surface area contributed by atoms with Crippen molar-refractivity contribution in [1.29, 1.82) is 0 Å². The number of aliphatic carboxylic acids is 1. The standard InChI is InChI=1S/C14H18N2O4/c17-12-3-1-2-7-15(12)10-6-13(18)16-8-4-11(5-9-16)14(19)20/h1-3,7,11H,4-6,8-10H2,(H,19,20). The molecule has 20 heavy (non-hydrogen) atoms. The predicted molar refractivity (Wildman–Crippen MR) is 72.3 cm³/mol. The van der Waals surface area contributed by atoms with Crippen LogP contribution in [0.3, 0.4) is 0 Å². The smallest absolute Gasteiger partial charge is 0.306 e. The molecule has 1 aromatic rings. The third kappa shape index (κ3) is 3.46. The van der Waals surface area contributed by atoms with Gasteiger partial charge in [0.1, 0.15) is 0 Å². The molecule has 2 rings (SSSR count). The molecule has 1 saturated heterocycles. The minimum absolute atomic E-state index is 0.0235. The van der Waals surface area contributed by atoms with Gasteiger partial charge in [-0.3, -0.25) is 14.4 Å². The van der Waals surface area contributed by atoms with Crippen molar-refractivity contribution in [1.82, 2.24) is 9.47 Å². The van der Waals surface area contributed by atoms with Crippen molar-refractivity contribution in [2.24, 2.45) is 5.92 Å². The van der Waals surface area contributed by atoms with Crippen molar-refractivity contribution >= 4 is 11.9 Å². The second kappa shape index (κ2) is 6.36. The summed E-state index contributed by atoms with van der Waals surface area (Å²) >= 11 is 0. The highest BCUT2D eigenvalue weighted by atomic mass is 16.4. The Morgan fingerprint density at radius 1 is 1.25 bits per heavy atom. The highest BCUT2D eigenvalue weighted by Gasteiger charge is 2.26. The third-order valence-corrected chi connectivity index (χ3v) is 3.66. The van der Waals surface area contributed by atoms with Gasteiger partial charge in [-0.2, -0.15) is 0 Å². The molecule has 6 heteroatoms. The summed E-state index contributed by atoms with van der Waals surface area (Å²) in [6, 6.07) is 4.88. The number of carbonyl (C=O) groups is 2. The molecule has 2 heterocycles. The molecule has 0 radical (unpaired) electrons. The van der Waals surface area contributed by atoms with Gasteiger partial charge in [-0.25, -0.2) is 0 Å². The number of hydrogen-bond donors (Lipinski definition) is 1. The number of aryl methyl sites for hydroxylation is 1. The largest absolute Gasteiger partial charge is 0.481 e. The number of rotatable bonds is 4. The van der Waals surface area contributed by atoms with E-state index in [1.54, 1.807) is 23.2 Å². The maximum absolute atomic E-state index is 12.0. The van der Waals surface area contributed by atoms with E-state index in [2.05, 4.69) is 0 Å². The van der Waals surface area contributed by atoms with Gasteiger partial charge in [-0.15, -0.1) is 0 Å². The van der Waals surface area contributed by atoms with E-state index in [-0.39, 0.29) is 23.8 Å². The average molecular weight is 278 g/mol. The van der Waals surface area contributed by atoms with Crippen LogP contribution in [0.2, 0.25) is 0 Å². The molecule has 0 aliphatic carbocycles. The number of likely N-dealkylation sites (tertiary alicyclic amines) is 1. The Morgan fingerprint density at radius 3 is 2.55 bits per heavy atom. The van der Waals surface area contributed by atoms with E-state index in [0.717, 1.165) is 0 Å². The number of amides is 1. The van der Waals surface area contributed by atoms with E-state index < -0.39 is 5.97 Å². The van der Waals surface area contributed by atoms with Crippen molar-refractivity contribution in [2.45, 2.75) is 25.8 Å².